The van der Waals surface area contributed by atoms with Gasteiger partial charge in [0.1, 0.15) is 6.04 Å². The molecule has 0 aliphatic heterocycles. The number of carboxylic acid groups (broad SMARTS) is 1. The highest BCUT2D eigenvalue weighted by Gasteiger charge is 2.14. The molecule has 1 aromatic heterocycles. The second-order valence-electron chi connectivity index (χ2n) is 6.22. The predicted molar refractivity (Wildman–Crippen MR) is 97.8 cm³/mol. The maximum Gasteiger partial charge on any atom is 0.325 e. The first-order valence-electron chi connectivity index (χ1n) is 8.09. The normalized spacial score (nSPS) is 14.5. The number of carbonyl (C=O) groups is 2. The van der Waals surface area contributed by atoms with E-state index in [0.717, 1.165) is 32.6 Å². The van der Waals surface area contributed by atoms with Crippen molar-refractivity contribution in [2.24, 2.45) is 0 Å². The summed E-state index contributed by atoms with van der Waals surface area (Å²) in [6, 6.07) is 11.0. The summed E-state index contributed by atoms with van der Waals surface area (Å²) < 4.78 is 0. The summed E-state index contributed by atoms with van der Waals surface area (Å²) in [4.78, 5) is 27.5. The molecule has 0 unspecified atom stereocenters. The van der Waals surface area contributed by atoms with Crippen molar-refractivity contribution in [3.05, 3.63) is 47.0 Å². The van der Waals surface area contributed by atoms with Crippen molar-refractivity contribution in [2.75, 3.05) is 5.32 Å². The Labute approximate surface area is 143 Å². The molecule has 5 heteroatoms. The van der Waals surface area contributed by atoms with Gasteiger partial charge >= 0.3 is 5.97 Å². The third-order valence-electron chi connectivity index (χ3n) is 4.46. The summed E-state index contributed by atoms with van der Waals surface area (Å²) in [5.74, 6) is -0.855. The van der Waals surface area contributed by atoms with E-state index < -0.39 is 12.0 Å². The van der Waals surface area contributed by atoms with Gasteiger partial charge in [0.25, 0.3) is 0 Å². The number of carboxylic acids is 1. The molecule has 2 N–H and O–H groups in total. The first-order chi connectivity index (χ1) is 12.0. The number of Topliss-reactive ketones (excluding diaryl/α,β-unsaturated/α-hetero) is 1. The first kappa shape index (κ1) is 15.3. The van der Waals surface area contributed by atoms with E-state index in [-0.39, 0.29) is 5.78 Å². The lowest BCUT2D eigenvalue weighted by Crippen LogP contribution is -2.32. The Morgan fingerprint density at radius 2 is 2.12 bits per heavy atom. The molecule has 0 spiro atoms. The summed E-state index contributed by atoms with van der Waals surface area (Å²) in [7, 11) is 0. The van der Waals surface area contributed by atoms with Gasteiger partial charge in [-0.3, -0.25) is 9.59 Å². The van der Waals surface area contributed by atoms with Crippen LogP contribution in [0.5, 0.6) is 0 Å². The van der Waals surface area contributed by atoms with E-state index in [1.807, 2.05) is 42.5 Å². The van der Waals surface area contributed by atoms with Crippen molar-refractivity contribution in [1.29, 1.82) is 0 Å². The van der Waals surface area contributed by atoms with Crippen molar-refractivity contribution in [2.45, 2.75) is 19.4 Å². The first-order valence-corrected chi connectivity index (χ1v) is 8.09. The molecule has 1 heterocycles. The second kappa shape index (κ2) is 5.70. The van der Waals surface area contributed by atoms with Gasteiger partial charge in [0.15, 0.2) is 5.78 Å². The Morgan fingerprint density at radius 3 is 2.92 bits per heavy atom. The van der Waals surface area contributed by atoms with E-state index in [1.165, 1.54) is 0 Å². The fourth-order valence-electron chi connectivity index (χ4n) is 3.18. The molecule has 5 nitrogen and oxygen atoms in total. The van der Waals surface area contributed by atoms with Crippen LogP contribution in [-0.4, -0.2) is 27.9 Å². The van der Waals surface area contributed by atoms with Gasteiger partial charge in [-0.25, -0.2) is 4.98 Å². The minimum absolute atomic E-state index is 0.0535. The fraction of sp³-hybridized carbons (Fsp3) is 0.150. The Hall–Kier alpha value is -3.21. The van der Waals surface area contributed by atoms with E-state index in [9.17, 15) is 14.7 Å². The Balaban J connectivity index is 2.04. The molecular weight excluding hydrogens is 316 g/mol. The van der Waals surface area contributed by atoms with Crippen LogP contribution >= 0.6 is 0 Å². The number of anilines is 1. The third kappa shape index (κ3) is 2.63. The molecule has 1 atom stereocenters. The molecule has 2 aromatic carbocycles. The van der Waals surface area contributed by atoms with Gasteiger partial charge in [-0.05, 0) is 35.7 Å². The van der Waals surface area contributed by atoms with Crippen LogP contribution in [0.25, 0.3) is 33.8 Å². The standard InChI is InChI=1S/C20H16N2O3/c1-11(20(24)25)21-17-4-2-3-12-6-8-16-15(19(12)17)9-13-5-7-14(23)10-18(13)22-16/h2-6,8-11,21H,7H2,1H3,(H,24,25)/t11-/m0/s1. The number of fused-ring (bicyclic) bond motifs is 4. The number of pyridine rings is 1. The predicted octanol–water partition coefficient (Wildman–Crippen LogP) is 1.81. The van der Waals surface area contributed by atoms with Crippen molar-refractivity contribution < 1.29 is 14.7 Å². The number of nitrogens with zero attached hydrogens (tertiary/aromatic N) is 1. The zero-order chi connectivity index (χ0) is 17.6. The highest BCUT2D eigenvalue weighted by atomic mass is 16.4. The number of nitrogens with one attached hydrogen (secondary N) is 1. The maximum atomic E-state index is 11.6. The lowest BCUT2D eigenvalue weighted by atomic mass is 10.0. The van der Waals surface area contributed by atoms with Crippen LogP contribution in [0, 0.1) is 0 Å². The molecule has 0 fully saturated rings. The number of ketones is 1. The van der Waals surface area contributed by atoms with Crippen LogP contribution in [0.4, 0.5) is 5.69 Å². The molecular formula is C20H16N2O3. The van der Waals surface area contributed by atoms with Crippen molar-refractivity contribution in [3.63, 3.8) is 0 Å². The molecule has 0 saturated heterocycles. The lowest BCUT2D eigenvalue weighted by Gasteiger charge is -2.15. The topological polar surface area (TPSA) is 79.3 Å². The highest BCUT2D eigenvalue weighted by Crippen LogP contribution is 2.30. The maximum absolute atomic E-state index is 11.6. The van der Waals surface area contributed by atoms with Gasteiger partial charge in [-0.2, -0.15) is 0 Å². The number of carbonyl (C=O) groups excluding carboxylic acids is 1. The molecule has 124 valence electrons. The van der Waals surface area contributed by atoms with E-state index in [1.54, 1.807) is 13.0 Å². The number of aliphatic carboxylic acids is 1. The van der Waals surface area contributed by atoms with Crippen molar-refractivity contribution in [3.8, 4) is 0 Å². The number of hydrogen-bond donors (Lipinski definition) is 2. The number of benzene rings is 2. The number of aromatic nitrogens is 1. The van der Waals surface area contributed by atoms with Gasteiger partial charge in [0, 0.05) is 29.0 Å². The van der Waals surface area contributed by atoms with Crippen LogP contribution in [0.2, 0.25) is 0 Å². The Morgan fingerprint density at radius 1 is 1.28 bits per heavy atom. The van der Waals surface area contributed by atoms with Gasteiger partial charge < -0.3 is 10.4 Å². The molecule has 0 bridgehead atoms. The Kier molecular flexibility index (Phi) is 3.50. The van der Waals surface area contributed by atoms with E-state index in [0.29, 0.717) is 11.8 Å². The summed E-state index contributed by atoms with van der Waals surface area (Å²) in [5, 5.41) is 16.8. The average Bonchev–Trinajstić information content (AvgIpc) is 2.59. The van der Waals surface area contributed by atoms with Gasteiger partial charge in [-0.1, -0.05) is 24.3 Å². The quantitative estimate of drug-likeness (QED) is 0.715. The van der Waals surface area contributed by atoms with Crippen LogP contribution in [0.1, 0.15) is 13.3 Å². The van der Waals surface area contributed by atoms with E-state index in [4.69, 9.17) is 0 Å². The summed E-state index contributed by atoms with van der Waals surface area (Å²) in [6.45, 7) is 1.61. The summed E-state index contributed by atoms with van der Waals surface area (Å²) in [6.07, 6.45) is 3.85. The number of rotatable bonds is 3. The van der Waals surface area contributed by atoms with Crippen LogP contribution in [0.3, 0.4) is 0 Å². The molecule has 25 heavy (non-hydrogen) atoms. The minimum atomic E-state index is -0.908. The van der Waals surface area contributed by atoms with Crippen LogP contribution < -0.4 is 15.9 Å². The monoisotopic (exact) mass is 332 g/mol. The zero-order valence-electron chi connectivity index (χ0n) is 13.6. The molecule has 4 rings (SSSR count). The average molecular weight is 332 g/mol. The number of hydrogen-bond acceptors (Lipinski definition) is 4. The second-order valence-corrected chi connectivity index (χ2v) is 6.22. The van der Waals surface area contributed by atoms with Crippen LogP contribution in [-0.2, 0) is 9.59 Å². The SMILES string of the molecule is C[C@H](Nc1cccc2ccc3nc4c(cc3c12)=CCC(=O)C=4)C(=O)O. The molecule has 3 aromatic rings. The molecule has 0 amide bonds. The molecule has 1 aliphatic carbocycles. The third-order valence-corrected chi connectivity index (χ3v) is 4.46. The molecule has 1 aliphatic rings. The van der Waals surface area contributed by atoms with Crippen molar-refractivity contribution >= 4 is 51.3 Å². The van der Waals surface area contributed by atoms with Gasteiger partial charge in [-0.15, -0.1) is 0 Å². The van der Waals surface area contributed by atoms with E-state index >= 15 is 0 Å². The lowest BCUT2D eigenvalue weighted by molar-refractivity contribution is -0.137. The van der Waals surface area contributed by atoms with Crippen molar-refractivity contribution in [1.82, 2.24) is 4.98 Å². The molecule has 0 radical (unpaired) electrons. The van der Waals surface area contributed by atoms with Gasteiger partial charge in [0.05, 0.1) is 10.9 Å². The van der Waals surface area contributed by atoms with Gasteiger partial charge in [0.2, 0.25) is 0 Å². The summed E-state index contributed by atoms with van der Waals surface area (Å²) >= 11 is 0. The molecule has 0 saturated carbocycles. The highest BCUT2D eigenvalue weighted by molar-refractivity contribution is 6.13. The largest absolute Gasteiger partial charge is 0.480 e. The smallest absolute Gasteiger partial charge is 0.325 e. The Bertz CT molecular complexity index is 1160. The fourth-order valence-corrected chi connectivity index (χ4v) is 3.18. The zero-order valence-corrected chi connectivity index (χ0v) is 13.6. The van der Waals surface area contributed by atoms with Crippen LogP contribution in [0.15, 0.2) is 36.4 Å². The van der Waals surface area contributed by atoms with E-state index in [2.05, 4.69) is 10.3 Å². The summed E-state index contributed by atoms with van der Waals surface area (Å²) in [5.41, 5.74) is 1.54. The minimum Gasteiger partial charge on any atom is -0.480 e.